The fraction of sp³-hybridized carbons (Fsp3) is 0.0500. The highest BCUT2D eigenvalue weighted by molar-refractivity contribution is 7.25. The molecule has 0 saturated carbocycles. The Morgan fingerprint density at radius 1 is 0.348 bits per heavy atom. The summed E-state index contributed by atoms with van der Waals surface area (Å²) in [5.74, 6) is 1.74. The smallest absolute Gasteiger partial charge is 0.164 e. The number of rotatable bonds is 5. The van der Waals surface area contributed by atoms with Crippen LogP contribution in [-0.4, -0.2) is 15.0 Å². The summed E-state index contributed by atoms with van der Waals surface area (Å²) in [5.41, 5.74) is 15.9. The molecule has 5 nitrogen and oxygen atoms in total. The second-order valence-corrected chi connectivity index (χ2v) is 19.0. The van der Waals surface area contributed by atoms with Crippen LogP contribution in [0.1, 0.15) is 25.0 Å². The molecule has 0 saturated heterocycles. The summed E-state index contributed by atoms with van der Waals surface area (Å²) < 4.78 is 15.4. The highest BCUT2D eigenvalue weighted by Gasteiger charge is 2.35. The Kier molecular flexibility index (Phi) is 7.84. The van der Waals surface area contributed by atoms with E-state index in [1.807, 2.05) is 36.4 Å². The Labute approximate surface area is 383 Å². The van der Waals surface area contributed by atoms with Crippen LogP contribution < -0.4 is 0 Å². The van der Waals surface area contributed by atoms with Crippen molar-refractivity contribution < 1.29 is 8.83 Å². The molecule has 0 spiro atoms. The molecule has 14 rings (SSSR count). The summed E-state index contributed by atoms with van der Waals surface area (Å²) in [5, 5.41) is 6.42. The molecule has 0 aliphatic heterocycles. The zero-order valence-corrected chi connectivity index (χ0v) is 36.8. The molecule has 310 valence electrons. The van der Waals surface area contributed by atoms with Gasteiger partial charge in [0.1, 0.15) is 22.3 Å². The van der Waals surface area contributed by atoms with Crippen LogP contribution in [0.3, 0.4) is 0 Å². The van der Waals surface area contributed by atoms with E-state index >= 15 is 0 Å². The lowest BCUT2D eigenvalue weighted by Crippen LogP contribution is -2.14. The van der Waals surface area contributed by atoms with Crippen LogP contribution in [0.4, 0.5) is 0 Å². The SMILES string of the molecule is CC1(C)c2ccccc2-c2ccc(-c3ccc(-c4ccc5oc6cccc(-c7nc(-c8ccc9c(c8)oc8ccccc89)nc(-c8cccc9sc%10ccccc%10c89)n7)c6c5c4)cc3)cc21. The first-order valence-electron chi connectivity index (χ1n) is 22.3. The number of benzene rings is 9. The first-order valence-corrected chi connectivity index (χ1v) is 23.1. The van der Waals surface area contributed by atoms with Gasteiger partial charge < -0.3 is 8.83 Å². The maximum Gasteiger partial charge on any atom is 0.164 e. The second-order valence-electron chi connectivity index (χ2n) is 17.9. The zero-order valence-electron chi connectivity index (χ0n) is 36.0. The number of para-hydroxylation sites is 1. The normalized spacial score (nSPS) is 13.1. The van der Waals surface area contributed by atoms with E-state index in [-0.39, 0.29) is 5.41 Å². The Morgan fingerprint density at radius 3 is 1.76 bits per heavy atom. The molecule has 0 amide bonds. The fourth-order valence-electron chi connectivity index (χ4n) is 10.5. The maximum absolute atomic E-state index is 6.58. The summed E-state index contributed by atoms with van der Waals surface area (Å²) in [4.78, 5) is 15.9. The number of thiophene rings is 1. The summed E-state index contributed by atoms with van der Waals surface area (Å²) in [6, 6.07) is 66.6. The number of furan rings is 2. The van der Waals surface area contributed by atoms with E-state index in [0.29, 0.717) is 17.5 Å². The average molecular weight is 864 g/mol. The predicted molar refractivity (Wildman–Crippen MR) is 272 cm³/mol. The Balaban J connectivity index is 0.906. The molecule has 0 N–H and O–H groups in total. The van der Waals surface area contributed by atoms with Crippen molar-refractivity contribution in [3.63, 3.8) is 0 Å². The molecule has 4 heterocycles. The van der Waals surface area contributed by atoms with Gasteiger partial charge in [0.15, 0.2) is 17.5 Å². The van der Waals surface area contributed by atoms with Crippen LogP contribution >= 0.6 is 11.3 Å². The molecule has 0 unspecified atom stereocenters. The van der Waals surface area contributed by atoms with Crippen molar-refractivity contribution in [3.8, 4) is 67.5 Å². The summed E-state index contributed by atoms with van der Waals surface area (Å²) >= 11 is 1.78. The van der Waals surface area contributed by atoms with E-state index in [1.165, 1.54) is 48.2 Å². The van der Waals surface area contributed by atoms with Crippen LogP contribution in [-0.2, 0) is 5.41 Å². The van der Waals surface area contributed by atoms with Crippen molar-refractivity contribution in [2.45, 2.75) is 19.3 Å². The van der Waals surface area contributed by atoms with Gasteiger partial charge in [-0.3, -0.25) is 0 Å². The Bertz CT molecular complexity index is 4150. The third-order valence-corrected chi connectivity index (χ3v) is 14.9. The van der Waals surface area contributed by atoms with Gasteiger partial charge in [0, 0.05) is 63.8 Å². The van der Waals surface area contributed by atoms with Crippen LogP contribution in [0.25, 0.3) is 132 Å². The number of hydrogen-bond donors (Lipinski definition) is 0. The van der Waals surface area contributed by atoms with Crippen molar-refractivity contribution in [2.75, 3.05) is 0 Å². The Morgan fingerprint density at radius 2 is 0.909 bits per heavy atom. The summed E-state index contributed by atoms with van der Waals surface area (Å²) in [6.07, 6.45) is 0. The molecule has 0 bridgehead atoms. The van der Waals surface area contributed by atoms with Crippen LogP contribution in [0.15, 0.2) is 197 Å². The van der Waals surface area contributed by atoms with Crippen molar-refractivity contribution in [2.24, 2.45) is 0 Å². The molecular weight excluding hydrogens is 827 g/mol. The van der Waals surface area contributed by atoms with Gasteiger partial charge in [-0.2, -0.15) is 0 Å². The molecule has 4 aromatic heterocycles. The highest BCUT2D eigenvalue weighted by Crippen LogP contribution is 2.50. The van der Waals surface area contributed by atoms with Gasteiger partial charge in [0.05, 0.1) is 0 Å². The van der Waals surface area contributed by atoms with E-state index in [1.54, 1.807) is 11.3 Å². The zero-order chi connectivity index (χ0) is 43.7. The standard InChI is InChI=1S/C60H37N3O2S/c1-60(2)47-16-6-3-11-39(47)40-28-25-37(32-48(40)60)35-23-21-34(22-24-35)36-27-30-50-46(31-36)55-44(14-9-18-51(55)64-50)58-61-57(38-26-29-42-41-12-4-7-17-49(41)65-52(42)33-38)62-59(63-58)45-15-10-20-54-56(45)43-13-5-8-19-53(43)66-54/h3-33H,1-2H3. The molecule has 66 heavy (non-hydrogen) atoms. The molecule has 1 aliphatic carbocycles. The van der Waals surface area contributed by atoms with E-state index in [4.69, 9.17) is 23.8 Å². The van der Waals surface area contributed by atoms with Gasteiger partial charge in [0.2, 0.25) is 0 Å². The first kappa shape index (κ1) is 37.2. The minimum Gasteiger partial charge on any atom is -0.456 e. The van der Waals surface area contributed by atoms with E-state index in [0.717, 1.165) is 77.1 Å². The largest absolute Gasteiger partial charge is 0.456 e. The molecule has 1 aliphatic rings. The quantitative estimate of drug-likeness (QED) is 0.172. The third kappa shape index (κ3) is 5.55. The average Bonchev–Trinajstić information content (AvgIpc) is 4.11. The second kappa shape index (κ2) is 13.9. The van der Waals surface area contributed by atoms with Crippen molar-refractivity contribution in [1.29, 1.82) is 0 Å². The van der Waals surface area contributed by atoms with E-state index < -0.39 is 0 Å². The number of aromatic nitrogens is 3. The van der Waals surface area contributed by atoms with Crippen LogP contribution in [0.2, 0.25) is 0 Å². The van der Waals surface area contributed by atoms with Gasteiger partial charge in [-0.15, -0.1) is 11.3 Å². The highest BCUT2D eigenvalue weighted by atomic mass is 32.1. The molecule has 9 aromatic carbocycles. The van der Waals surface area contributed by atoms with E-state index in [2.05, 4.69) is 166 Å². The van der Waals surface area contributed by atoms with Gasteiger partial charge in [-0.05, 0) is 99.1 Å². The number of nitrogens with zero attached hydrogens (tertiary/aromatic N) is 3. The van der Waals surface area contributed by atoms with E-state index in [9.17, 15) is 0 Å². The van der Waals surface area contributed by atoms with Gasteiger partial charge in [0.25, 0.3) is 0 Å². The lowest BCUT2D eigenvalue weighted by molar-refractivity contribution is 0.660. The van der Waals surface area contributed by atoms with Crippen LogP contribution in [0, 0.1) is 0 Å². The molecule has 0 radical (unpaired) electrons. The summed E-state index contributed by atoms with van der Waals surface area (Å²) in [7, 11) is 0. The van der Waals surface area contributed by atoms with Crippen LogP contribution in [0.5, 0.6) is 0 Å². The summed E-state index contributed by atoms with van der Waals surface area (Å²) in [6.45, 7) is 4.67. The van der Waals surface area contributed by atoms with Crippen molar-refractivity contribution >= 4 is 75.4 Å². The minimum absolute atomic E-state index is 0.0509. The first-order chi connectivity index (χ1) is 32.4. The van der Waals surface area contributed by atoms with Gasteiger partial charge >= 0.3 is 0 Å². The molecule has 13 aromatic rings. The number of hydrogen-bond acceptors (Lipinski definition) is 6. The van der Waals surface area contributed by atoms with Crippen molar-refractivity contribution in [3.05, 3.63) is 199 Å². The fourth-order valence-corrected chi connectivity index (χ4v) is 11.6. The van der Waals surface area contributed by atoms with Crippen molar-refractivity contribution in [1.82, 2.24) is 15.0 Å². The predicted octanol–water partition coefficient (Wildman–Crippen LogP) is 16.7. The van der Waals surface area contributed by atoms with Gasteiger partial charge in [-0.25, -0.2) is 15.0 Å². The maximum atomic E-state index is 6.58. The molecule has 6 heteroatoms. The Hall–Kier alpha value is -8.19. The molecule has 0 atom stereocenters. The molecular formula is C60H37N3O2S. The lowest BCUT2D eigenvalue weighted by Gasteiger charge is -2.22. The minimum atomic E-state index is -0.0509. The number of fused-ring (bicyclic) bond motifs is 12. The third-order valence-electron chi connectivity index (χ3n) is 13.8. The topological polar surface area (TPSA) is 65.0 Å². The molecule has 0 fully saturated rings. The lowest BCUT2D eigenvalue weighted by atomic mass is 9.81. The monoisotopic (exact) mass is 863 g/mol. The van der Waals surface area contributed by atoms with Gasteiger partial charge in [-0.1, -0.05) is 147 Å².